The SMILES string of the molecule is CCCCCCCC/C=C/CC/C=C/CC/C=C/C(O)C(COP(=O)(O)OCCN)NC(=O)CC(O)CCCCC/C=C\CCCCCCCCC. The molecule has 0 fully saturated rings. The minimum atomic E-state index is -4.41. The Bertz CT molecular complexity index is 972. The summed E-state index contributed by atoms with van der Waals surface area (Å²) in [7, 11) is -4.41. The van der Waals surface area contributed by atoms with Gasteiger partial charge in [0.15, 0.2) is 0 Å². The zero-order valence-electron chi connectivity index (χ0n) is 33.1. The van der Waals surface area contributed by atoms with E-state index in [0.29, 0.717) is 12.8 Å². The molecular formula is C42H79N2O7P. The fraction of sp³-hybridized carbons (Fsp3) is 0.786. The van der Waals surface area contributed by atoms with Crippen molar-refractivity contribution < 1.29 is 33.5 Å². The number of amides is 1. The van der Waals surface area contributed by atoms with E-state index in [0.717, 1.165) is 57.8 Å². The van der Waals surface area contributed by atoms with E-state index < -0.39 is 38.6 Å². The summed E-state index contributed by atoms with van der Waals surface area (Å²) >= 11 is 0. The van der Waals surface area contributed by atoms with E-state index in [-0.39, 0.29) is 19.6 Å². The number of carbonyl (C=O) groups is 1. The number of allylic oxidation sites excluding steroid dienone is 7. The van der Waals surface area contributed by atoms with Gasteiger partial charge >= 0.3 is 7.82 Å². The molecule has 0 saturated heterocycles. The van der Waals surface area contributed by atoms with Crippen LogP contribution in [0.5, 0.6) is 0 Å². The first-order valence-electron chi connectivity index (χ1n) is 20.8. The zero-order valence-corrected chi connectivity index (χ0v) is 34.0. The van der Waals surface area contributed by atoms with Crippen LogP contribution in [0.2, 0.25) is 0 Å². The van der Waals surface area contributed by atoms with Crippen LogP contribution in [0.4, 0.5) is 0 Å². The monoisotopic (exact) mass is 755 g/mol. The number of phosphoric acid groups is 1. The Morgan fingerprint density at radius 1 is 0.654 bits per heavy atom. The van der Waals surface area contributed by atoms with Crippen molar-refractivity contribution in [2.45, 2.75) is 193 Å². The van der Waals surface area contributed by atoms with Crippen LogP contribution in [0.25, 0.3) is 0 Å². The molecule has 0 bridgehead atoms. The molecular weight excluding hydrogens is 675 g/mol. The lowest BCUT2D eigenvalue weighted by Gasteiger charge is -2.24. The van der Waals surface area contributed by atoms with Gasteiger partial charge < -0.3 is 26.2 Å². The molecule has 0 aliphatic carbocycles. The molecule has 4 unspecified atom stereocenters. The second kappa shape index (κ2) is 37.7. The number of nitrogens with one attached hydrogen (secondary N) is 1. The van der Waals surface area contributed by atoms with Crippen molar-refractivity contribution in [1.29, 1.82) is 0 Å². The summed E-state index contributed by atoms with van der Waals surface area (Å²) in [5, 5.41) is 24.0. The summed E-state index contributed by atoms with van der Waals surface area (Å²) in [5.74, 6) is -0.471. The normalized spacial score (nSPS) is 15.3. The smallest absolute Gasteiger partial charge is 0.393 e. The van der Waals surface area contributed by atoms with E-state index in [9.17, 15) is 24.5 Å². The van der Waals surface area contributed by atoms with Gasteiger partial charge in [-0.25, -0.2) is 4.57 Å². The Hall–Kier alpha value is -1.58. The Kier molecular flexibility index (Phi) is 36.6. The summed E-state index contributed by atoms with van der Waals surface area (Å²) < 4.78 is 22.0. The van der Waals surface area contributed by atoms with E-state index in [4.69, 9.17) is 14.8 Å². The van der Waals surface area contributed by atoms with Crippen molar-refractivity contribution in [2.24, 2.45) is 5.73 Å². The number of aliphatic hydroxyl groups excluding tert-OH is 2. The Balaban J connectivity index is 4.48. The number of nitrogens with two attached hydrogens (primary N) is 1. The lowest BCUT2D eigenvalue weighted by Crippen LogP contribution is -2.46. The van der Waals surface area contributed by atoms with Crippen molar-refractivity contribution in [1.82, 2.24) is 5.32 Å². The van der Waals surface area contributed by atoms with Crippen LogP contribution >= 0.6 is 7.82 Å². The minimum Gasteiger partial charge on any atom is -0.393 e. The van der Waals surface area contributed by atoms with Crippen LogP contribution in [0, 0.1) is 0 Å². The van der Waals surface area contributed by atoms with Gasteiger partial charge in [-0.15, -0.1) is 0 Å². The van der Waals surface area contributed by atoms with E-state index in [1.165, 1.54) is 83.5 Å². The Morgan fingerprint density at radius 2 is 1.10 bits per heavy atom. The predicted octanol–water partition coefficient (Wildman–Crippen LogP) is 10.3. The minimum absolute atomic E-state index is 0.0394. The zero-order chi connectivity index (χ0) is 38.4. The molecule has 10 heteroatoms. The molecule has 52 heavy (non-hydrogen) atoms. The molecule has 0 aromatic rings. The van der Waals surface area contributed by atoms with E-state index in [1.807, 2.05) is 6.08 Å². The summed E-state index contributed by atoms with van der Waals surface area (Å²) in [6.07, 6.45) is 41.9. The summed E-state index contributed by atoms with van der Waals surface area (Å²) in [6.45, 7) is 3.90. The molecule has 1 amide bonds. The van der Waals surface area contributed by atoms with Crippen LogP contribution in [0.3, 0.4) is 0 Å². The van der Waals surface area contributed by atoms with Crippen LogP contribution in [0.1, 0.15) is 174 Å². The van der Waals surface area contributed by atoms with Gasteiger partial charge in [-0.05, 0) is 70.6 Å². The summed E-state index contributed by atoms with van der Waals surface area (Å²) in [6, 6.07) is -1.01. The first kappa shape index (κ1) is 50.4. The molecule has 4 atom stereocenters. The van der Waals surface area contributed by atoms with Gasteiger partial charge in [0.1, 0.15) is 0 Å². The fourth-order valence-electron chi connectivity index (χ4n) is 5.73. The lowest BCUT2D eigenvalue weighted by molar-refractivity contribution is -0.124. The maximum Gasteiger partial charge on any atom is 0.472 e. The maximum atomic E-state index is 12.8. The highest BCUT2D eigenvalue weighted by atomic mass is 31.2. The van der Waals surface area contributed by atoms with Crippen molar-refractivity contribution >= 4 is 13.7 Å². The number of aliphatic hydroxyl groups is 2. The second-order valence-corrected chi connectivity index (χ2v) is 15.5. The maximum absolute atomic E-state index is 12.8. The quantitative estimate of drug-likeness (QED) is 0.0237. The van der Waals surface area contributed by atoms with Crippen LogP contribution in [-0.2, 0) is 18.4 Å². The summed E-state index contributed by atoms with van der Waals surface area (Å²) in [4.78, 5) is 22.7. The molecule has 0 spiro atoms. The Morgan fingerprint density at radius 3 is 1.60 bits per heavy atom. The molecule has 0 aromatic heterocycles. The standard InChI is InChI=1S/C42H79N2O7P/c1-3-5-7-9-11-13-15-17-19-20-22-24-26-28-30-32-34-41(46)40(38-51-52(48,49)50-36-35-43)44-42(47)37-39(45)33-31-29-27-25-23-21-18-16-14-12-10-8-6-4-2/h17,19,21,23-24,26,32,34,39-41,45-46H,3-16,18,20,22,25,27-31,33,35-38,43H2,1-2H3,(H,44,47)(H,48,49)/b19-17+,23-21-,26-24+,34-32+. The van der Waals surface area contributed by atoms with Crippen LogP contribution in [-0.4, -0.2) is 59.0 Å². The Labute approximate surface area is 318 Å². The topological polar surface area (TPSA) is 151 Å². The first-order valence-corrected chi connectivity index (χ1v) is 22.3. The van der Waals surface area contributed by atoms with Crippen LogP contribution in [0.15, 0.2) is 48.6 Å². The third kappa shape index (κ3) is 35.4. The van der Waals surface area contributed by atoms with E-state index in [2.05, 4.69) is 55.6 Å². The molecule has 0 aliphatic heterocycles. The summed E-state index contributed by atoms with van der Waals surface area (Å²) in [5.41, 5.74) is 5.35. The van der Waals surface area contributed by atoms with Gasteiger partial charge in [0, 0.05) is 6.54 Å². The number of phosphoric ester groups is 1. The van der Waals surface area contributed by atoms with Crippen molar-refractivity contribution in [3.8, 4) is 0 Å². The van der Waals surface area contributed by atoms with E-state index >= 15 is 0 Å². The molecule has 0 aliphatic rings. The van der Waals surface area contributed by atoms with Crippen molar-refractivity contribution in [3.63, 3.8) is 0 Å². The molecule has 0 radical (unpaired) electrons. The molecule has 0 saturated carbocycles. The van der Waals surface area contributed by atoms with Gasteiger partial charge in [-0.2, -0.15) is 0 Å². The fourth-order valence-corrected chi connectivity index (χ4v) is 6.49. The third-order valence-electron chi connectivity index (χ3n) is 8.91. The average Bonchev–Trinajstić information content (AvgIpc) is 3.12. The van der Waals surface area contributed by atoms with E-state index in [1.54, 1.807) is 6.08 Å². The highest BCUT2D eigenvalue weighted by Crippen LogP contribution is 2.43. The highest BCUT2D eigenvalue weighted by molar-refractivity contribution is 7.47. The average molecular weight is 755 g/mol. The van der Waals surface area contributed by atoms with Gasteiger partial charge in [-0.1, -0.05) is 146 Å². The largest absolute Gasteiger partial charge is 0.472 e. The predicted molar refractivity (Wildman–Crippen MR) is 218 cm³/mol. The van der Waals surface area contributed by atoms with Crippen molar-refractivity contribution in [2.75, 3.05) is 19.8 Å². The van der Waals surface area contributed by atoms with Crippen LogP contribution < -0.4 is 11.1 Å². The van der Waals surface area contributed by atoms with Gasteiger partial charge in [0.05, 0.1) is 37.9 Å². The number of carbonyl (C=O) groups excluding carboxylic acids is 1. The number of hydrogen-bond acceptors (Lipinski definition) is 7. The first-order chi connectivity index (χ1) is 25.3. The number of rotatable bonds is 38. The van der Waals surface area contributed by atoms with Gasteiger partial charge in [0.2, 0.25) is 5.91 Å². The number of hydrogen-bond donors (Lipinski definition) is 5. The molecule has 0 rings (SSSR count). The molecule has 304 valence electrons. The van der Waals surface area contributed by atoms with Gasteiger partial charge in [0.25, 0.3) is 0 Å². The molecule has 9 nitrogen and oxygen atoms in total. The third-order valence-corrected chi connectivity index (χ3v) is 9.89. The van der Waals surface area contributed by atoms with Gasteiger partial charge in [-0.3, -0.25) is 13.8 Å². The molecule has 0 aromatic carbocycles. The highest BCUT2D eigenvalue weighted by Gasteiger charge is 2.27. The molecule has 0 heterocycles. The second-order valence-electron chi connectivity index (χ2n) is 14.0. The lowest BCUT2D eigenvalue weighted by atomic mass is 10.1. The van der Waals surface area contributed by atoms with Crippen molar-refractivity contribution in [3.05, 3.63) is 48.6 Å². The molecule has 6 N–H and O–H groups in total. The number of unbranched alkanes of at least 4 members (excludes halogenated alkanes) is 18.